The molecule has 2 nitrogen and oxygen atoms in total. The van der Waals surface area contributed by atoms with Crippen LogP contribution in [0.1, 0.15) is 28.6 Å². The van der Waals surface area contributed by atoms with Crippen molar-refractivity contribution in [1.29, 1.82) is 0 Å². The number of methoxy groups -OCH3 is 1. The highest BCUT2D eigenvalue weighted by molar-refractivity contribution is 7.09. The Morgan fingerprint density at radius 3 is 2.50 bits per heavy atom. The molecule has 96 valence electrons. The van der Waals surface area contributed by atoms with E-state index in [4.69, 9.17) is 4.74 Å². The van der Waals surface area contributed by atoms with Gasteiger partial charge in [-0.25, -0.2) is 4.98 Å². The van der Waals surface area contributed by atoms with Crippen molar-refractivity contribution in [3.63, 3.8) is 0 Å². The molecule has 0 aliphatic rings. The van der Waals surface area contributed by atoms with Crippen LogP contribution in [-0.2, 0) is 6.42 Å². The van der Waals surface area contributed by atoms with Gasteiger partial charge in [0, 0.05) is 10.9 Å². The highest BCUT2D eigenvalue weighted by atomic mass is 32.1. The summed E-state index contributed by atoms with van der Waals surface area (Å²) in [6.45, 7) is 8.47. The zero-order valence-corrected chi connectivity index (χ0v) is 12.4. The number of aryl methyl sites for hydroxylation is 3. The van der Waals surface area contributed by atoms with E-state index < -0.39 is 0 Å². The van der Waals surface area contributed by atoms with Crippen LogP contribution < -0.4 is 4.74 Å². The Labute approximate surface area is 113 Å². The van der Waals surface area contributed by atoms with Crippen molar-refractivity contribution in [2.45, 2.75) is 34.1 Å². The van der Waals surface area contributed by atoms with Gasteiger partial charge in [-0.2, -0.15) is 0 Å². The SMILES string of the molecule is CCc1nc(-c2c(C)cc(C)c(C)c2OC)cs1. The predicted molar refractivity (Wildman–Crippen MR) is 77.7 cm³/mol. The molecule has 0 saturated heterocycles. The number of benzene rings is 1. The number of aromatic nitrogens is 1. The van der Waals surface area contributed by atoms with Crippen LogP contribution in [0.5, 0.6) is 5.75 Å². The number of nitrogens with zero attached hydrogens (tertiary/aromatic N) is 1. The molecule has 3 heteroatoms. The van der Waals surface area contributed by atoms with Gasteiger partial charge in [0.2, 0.25) is 0 Å². The molecule has 1 aromatic heterocycles. The summed E-state index contributed by atoms with van der Waals surface area (Å²) in [7, 11) is 1.73. The minimum absolute atomic E-state index is 0.959. The van der Waals surface area contributed by atoms with Gasteiger partial charge in [-0.05, 0) is 43.9 Å². The summed E-state index contributed by atoms with van der Waals surface area (Å²) in [5.74, 6) is 0.959. The fourth-order valence-corrected chi connectivity index (χ4v) is 2.95. The fraction of sp³-hybridized carbons (Fsp3) is 0.400. The van der Waals surface area contributed by atoms with E-state index in [2.05, 4.69) is 44.1 Å². The molecule has 0 fully saturated rings. The van der Waals surface area contributed by atoms with Crippen molar-refractivity contribution in [1.82, 2.24) is 4.98 Å². The monoisotopic (exact) mass is 261 g/mol. The zero-order chi connectivity index (χ0) is 13.3. The second-order valence-electron chi connectivity index (χ2n) is 4.52. The van der Waals surface area contributed by atoms with Gasteiger partial charge in [0.25, 0.3) is 0 Å². The van der Waals surface area contributed by atoms with Crippen molar-refractivity contribution in [3.8, 4) is 17.0 Å². The van der Waals surface area contributed by atoms with Crippen molar-refractivity contribution in [2.75, 3.05) is 7.11 Å². The quantitative estimate of drug-likeness (QED) is 0.821. The van der Waals surface area contributed by atoms with Crippen molar-refractivity contribution in [2.24, 2.45) is 0 Å². The van der Waals surface area contributed by atoms with Gasteiger partial charge < -0.3 is 4.74 Å². The summed E-state index contributed by atoms with van der Waals surface area (Å²) in [6.07, 6.45) is 0.983. The number of hydrogen-bond acceptors (Lipinski definition) is 3. The summed E-state index contributed by atoms with van der Waals surface area (Å²) >= 11 is 1.72. The van der Waals surface area contributed by atoms with Gasteiger partial charge in [-0.15, -0.1) is 11.3 Å². The van der Waals surface area contributed by atoms with Gasteiger partial charge in [0.1, 0.15) is 5.75 Å². The smallest absolute Gasteiger partial charge is 0.131 e. The summed E-state index contributed by atoms with van der Waals surface area (Å²) in [6, 6.07) is 2.21. The standard InChI is InChI=1S/C15H19NOS/c1-6-13-16-12(8-18-13)14-10(3)7-9(2)11(4)15(14)17-5/h7-8H,6H2,1-5H3. The van der Waals surface area contributed by atoms with E-state index in [1.807, 2.05) is 0 Å². The number of rotatable bonds is 3. The van der Waals surface area contributed by atoms with Crippen LogP contribution in [0.3, 0.4) is 0 Å². The summed E-state index contributed by atoms with van der Waals surface area (Å²) < 4.78 is 5.60. The molecule has 0 bridgehead atoms. The third kappa shape index (κ3) is 2.15. The Hall–Kier alpha value is -1.35. The molecule has 2 rings (SSSR count). The second kappa shape index (κ2) is 5.11. The molecular weight excluding hydrogens is 242 g/mol. The van der Waals surface area contributed by atoms with E-state index in [1.54, 1.807) is 18.4 Å². The van der Waals surface area contributed by atoms with Crippen LogP contribution >= 0.6 is 11.3 Å². The summed E-state index contributed by atoms with van der Waals surface area (Å²) in [5, 5.41) is 3.29. The fourth-order valence-electron chi connectivity index (χ4n) is 2.21. The third-order valence-electron chi connectivity index (χ3n) is 3.30. The molecule has 2 aromatic rings. The molecular formula is C15H19NOS. The van der Waals surface area contributed by atoms with Crippen molar-refractivity contribution in [3.05, 3.63) is 33.1 Å². The summed E-state index contributed by atoms with van der Waals surface area (Å²) in [4.78, 5) is 4.68. The first kappa shape index (κ1) is 13.1. The van der Waals surface area contributed by atoms with Crippen LogP contribution in [0.25, 0.3) is 11.3 Å². The molecule has 1 aromatic carbocycles. The average molecular weight is 261 g/mol. The van der Waals surface area contributed by atoms with Gasteiger partial charge in [0.15, 0.2) is 0 Å². The summed E-state index contributed by atoms with van der Waals surface area (Å²) in [5.41, 5.74) is 5.86. The average Bonchev–Trinajstić information content (AvgIpc) is 2.81. The third-order valence-corrected chi connectivity index (χ3v) is 4.29. The van der Waals surface area contributed by atoms with E-state index >= 15 is 0 Å². The molecule has 0 spiro atoms. The second-order valence-corrected chi connectivity index (χ2v) is 5.47. The molecule has 1 heterocycles. The van der Waals surface area contributed by atoms with E-state index in [0.717, 1.165) is 23.4 Å². The Morgan fingerprint density at radius 1 is 1.22 bits per heavy atom. The van der Waals surface area contributed by atoms with Crippen molar-refractivity contribution < 1.29 is 4.74 Å². The predicted octanol–water partition coefficient (Wildman–Crippen LogP) is 4.31. The van der Waals surface area contributed by atoms with Crippen LogP contribution in [0.4, 0.5) is 0 Å². The first-order valence-electron chi connectivity index (χ1n) is 6.18. The Morgan fingerprint density at radius 2 is 1.94 bits per heavy atom. The lowest BCUT2D eigenvalue weighted by atomic mass is 9.97. The Balaban J connectivity index is 2.66. The molecule has 0 aliphatic heterocycles. The number of hydrogen-bond donors (Lipinski definition) is 0. The van der Waals surface area contributed by atoms with Crippen LogP contribution in [0.2, 0.25) is 0 Å². The minimum Gasteiger partial charge on any atom is -0.496 e. The molecule has 0 atom stereocenters. The van der Waals surface area contributed by atoms with E-state index in [1.165, 1.54) is 21.7 Å². The van der Waals surface area contributed by atoms with E-state index in [-0.39, 0.29) is 0 Å². The molecule has 0 radical (unpaired) electrons. The van der Waals surface area contributed by atoms with Crippen LogP contribution in [0.15, 0.2) is 11.4 Å². The van der Waals surface area contributed by atoms with Gasteiger partial charge in [0.05, 0.1) is 17.8 Å². The maximum atomic E-state index is 5.60. The maximum absolute atomic E-state index is 5.60. The van der Waals surface area contributed by atoms with Crippen molar-refractivity contribution >= 4 is 11.3 Å². The van der Waals surface area contributed by atoms with E-state index in [0.29, 0.717) is 0 Å². The normalized spacial score (nSPS) is 10.7. The zero-order valence-electron chi connectivity index (χ0n) is 11.6. The lowest BCUT2D eigenvalue weighted by Gasteiger charge is -2.15. The topological polar surface area (TPSA) is 22.1 Å². The largest absolute Gasteiger partial charge is 0.496 e. The first-order chi connectivity index (χ1) is 8.58. The van der Waals surface area contributed by atoms with Crippen LogP contribution in [0, 0.1) is 20.8 Å². The highest BCUT2D eigenvalue weighted by Crippen LogP contribution is 2.37. The van der Waals surface area contributed by atoms with Gasteiger partial charge in [-0.3, -0.25) is 0 Å². The molecule has 18 heavy (non-hydrogen) atoms. The van der Waals surface area contributed by atoms with Gasteiger partial charge in [-0.1, -0.05) is 13.0 Å². The lowest BCUT2D eigenvalue weighted by molar-refractivity contribution is 0.412. The van der Waals surface area contributed by atoms with E-state index in [9.17, 15) is 0 Å². The Kier molecular flexibility index (Phi) is 3.71. The maximum Gasteiger partial charge on any atom is 0.131 e. The molecule has 0 unspecified atom stereocenters. The molecule has 0 saturated carbocycles. The number of ether oxygens (including phenoxy) is 1. The highest BCUT2D eigenvalue weighted by Gasteiger charge is 2.16. The first-order valence-corrected chi connectivity index (χ1v) is 7.06. The van der Waals surface area contributed by atoms with Gasteiger partial charge >= 0.3 is 0 Å². The van der Waals surface area contributed by atoms with Crippen LogP contribution in [-0.4, -0.2) is 12.1 Å². The lowest BCUT2D eigenvalue weighted by Crippen LogP contribution is -1.97. The minimum atomic E-state index is 0.959. The number of thiazole rings is 1. The molecule has 0 N–H and O–H groups in total. The molecule has 0 amide bonds. The Bertz CT molecular complexity index is 572. The molecule has 0 aliphatic carbocycles.